The van der Waals surface area contributed by atoms with Gasteiger partial charge in [-0.3, -0.25) is 0 Å². The molecule has 2 aromatic carbocycles. The summed E-state index contributed by atoms with van der Waals surface area (Å²) in [5, 5.41) is 24.8. The summed E-state index contributed by atoms with van der Waals surface area (Å²) in [6.07, 6.45) is -1.27. The number of carboxylic acid groups (broad SMARTS) is 1. The number of sulfone groups is 1. The fraction of sp³-hybridized carbons (Fsp3) is 0.448. The van der Waals surface area contributed by atoms with Crippen LogP contribution in [0.15, 0.2) is 47.4 Å². The molecule has 2 atom stereocenters. The van der Waals surface area contributed by atoms with Crippen LogP contribution in [-0.2, 0) is 22.6 Å². The molecule has 2 fully saturated rings. The van der Waals surface area contributed by atoms with E-state index in [1.54, 1.807) is 0 Å². The van der Waals surface area contributed by atoms with E-state index in [9.17, 15) is 36.6 Å². The van der Waals surface area contributed by atoms with Gasteiger partial charge in [0.25, 0.3) is 0 Å². The van der Waals surface area contributed by atoms with Gasteiger partial charge in [0.1, 0.15) is 19.2 Å². The number of carboxylic acids is 1. The summed E-state index contributed by atoms with van der Waals surface area (Å²) in [6, 6.07) is 8.74. The molecule has 3 heterocycles. The number of nitrogens with one attached hydrogen (secondary N) is 1. The summed E-state index contributed by atoms with van der Waals surface area (Å²) in [5.74, 6) is -1.33. The van der Waals surface area contributed by atoms with Gasteiger partial charge in [-0.05, 0) is 43.2 Å². The van der Waals surface area contributed by atoms with E-state index in [1.165, 1.54) is 30.3 Å². The van der Waals surface area contributed by atoms with E-state index in [4.69, 9.17) is 0 Å². The Hall–Kier alpha value is -3.06. The number of piperidine rings is 2. The summed E-state index contributed by atoms with van der Waals surface area (Å²) in [4.78, 5) is 17.6. The van der Waals surface area contributed by atoms with E-state index in [0.717, 1.165) is 44.3 Å². The van der Waals surface area contributed by atoms with Gasteiger partial charge in [0, 0.05) is 48.7 Å². The van der Waals surface area contributed by atoms with Gasteiger partial charge >= 0.3 is 12.1 Å². The van der Waals surface area contributed by atoms with Gasteiger partial charge in [-0.1, -0.05) is 12.1 Å². The average molecular weight is 593 g/mol. The fourth-order valence-electron chi connectivity index (χ4n) is 6.51. The molecule has 12 heteroatoms. The van der Waals surface area contributed by atoms with Gasteiger partial charge in [0.2, 0.25) is 0 Å². The summed E-state index contributed by atoms with van der Waals surface area (Å²) in [5.41, 5.74) is -0.435. The lowest BCUT2D eigenvalue weighted by Gasteiger charge is -2.50. The maximum atomic E-state index is 13.7. The van der Waals surface area contributed by atoms with Crippen molar-refractivity contribution < 1.29 is 41.1 Å². The van der Waals surface area contributed by atoms with Crippen molar-refractivity contribution in [1.82, 2.24) is 10.3 Å². The molecule has 41 heavy (non-hydrogen) atoms. The summed E-state index contributed by atoms with van der Waals surface area (Å²) >= 11 is 0. The Balaban J connectivity index is 1.81. The molecule has 0 spiro atoms. The standard InChI is InChI=1S/C29H32F3N3O5S/c1-41(39,40)22-7-8-25-23(15-22)26(28(37)38)24(27(34-25)18-4-2-5-19(14-18)29(30,31)32)17-35(13-3-6-21(36)16-35)20-9-11-33-12-10-20/h2,4-5,7-8,14-15,20-21,33,36H,3,6,9-13,16-17H2,1H3/p+1/t21-,35?/m1/s1. The SMILES string of the molecule is CS(=O)(=O)c1ccc2nc(-c3cccc(C(F)(F)F)c3)c(C[N+]3(C4CCNCC4)CCC[C@@H](O)C3)c(C(=O)O)c2c1. The number of aromatic carboxylic acids is 1. The van der Waals surface area contributed by atoms with Crippen molar-refractivity contribution in [3.05, 3.63) is 59.2 Å². The third-order valence-electron chi connectivity index (χ3n) is 8.43. The number of pyridine rings is 1. The highest BCUT2D eigenvalue weighted by Gasteiger charge is 2.43. The molecule has 0 amide bonds. The summed E-state index contributed by atoms with van der Waals surface area (Å²) in [7, 11) is -3.69. The molecule has 8 nitrogen and oxygen atoms in total. The molecular formula is C29H33F3N3O5S+. The van der Waals surface area contributed by atoms with Crippen LogP contribution >= 0.6 is 0 Å². The smallest absolute Gasteiger partial charge is 0.416 e. The molecule has 5 rings (SSSR count). The van der Waals surface area contributed by atoms with Crippen molar-refractivity contribution in [3.63, 3.8) is 0 Å². The third kappa shape index (κ3) is 5.97. The Bertz CT molecular complexity index is 1590. The highest BCUT2D eigenvalue weighted by atomic mass is 32.2. The number of halogens is 3. The molecule has 0 radical (unpaired) electrons. The van der Waals surface area contributed by atoms with Crippen LogP contribution in [0, 0.1) is 0 Å². The number of aromatic nitrogens is 1. The third-order valence-corrected chi connectivity index (χ3v) is 9.54. The second-order valence-electron chi connectivity index (χ2n) is 11.2. The number of hydrogen-bond donors (Lipinski definition) is 3. The number of hydrogen-bond acceptors (Lipinski definition) is 6. The number of rotatable bonds is 6. The fourth-order valence-corrected chi connectivity index (χ4v) is 7.16. The van der Waals surface area contributed by atoms with Crippen LogP contribution in [0.3, 0.4) is 0 Å². The molecule has 3 N–H and O–H groups in total. The first-order valence-corrected chi connectivity index (χ1v) is 15.5. The van der Waals surface area contributed by atoms with Crippen molar-refractivity contribution in [2.24, 2.45) is 0 Å². The molecule has 2 aliphatic rings. The van der Waals surface area contributed by atoms with E-state index in [1.807, 2.05) is 0 Å². The zero-order chi connectivity index (χ0) is 29.6. The molecule has 0 saturated carbocycles. The topological polar surface area (TPSA) is 117 Å². The van der Waals surface area contributed by atoms with E-state index >= 15 is 0 Å². The normalized spacial score (nSPS) is 22.6. The van der Waals surface area contributed by atoms with E-state index in [0.29, 0.717) is 30.4 Å². The van der Waals surface area contributed by atoms with Crippen LogP contribution in [0.2, 0.25) is 0 Å². The zero-order valence-corrected chi connectivity index (χ0v) is 23.4. The lowest BCUT2D eigenvalue weighted by Crippen LogP contribution is -2.62. The van der Waals surface area contributed by atoms with Gasteiger partial charge in [-0.25, -0.2) is 18.2 Å². The van der Waals surface area contributed by atoms with Gasteiger partial charge in [0.05, 0.1) is 39.8 Å². The zero-order valence-electron chi connectivity index (χ0n) is 22.6. The number of likely N-dealkylation sites (tertiary alicyclic amines) is 1. The lowest BCUT2D eigenvalue weighted by atomic mass is 9.90. The monoisotopic (exact) mass is 592 g/mol. The second kappa shape index (κ2) is 11.0. The van der Waals surface area contributed by atoms with E-state index < -0.39 is 33.7 Å². The molecule has 1 unspecified atom stereocenters. The van der Waals surface area contributed by atoms with Gasteiger partial charge in [-0.15, -0.1) is 0 Å². The van der Waals surface area contributed by atoms with Crippen LogP contribution < -0.4 is 5.32 Å². The molecule has 0 bridgehead atoms. The first-order chi connectivity index (χ1) is 19.3. The van der Waals surface area contributed by atoms with Crippen molar-refractivity contribution in [2.45, 2.75) is 55.4 Å². The minimum absolute atomic E-state index is 0.0808. The average Bonchev–Trinajstić information content (AvgIpc) is 2.91. The van der Waals surface area contributed by atoms with Crippen LogP contribution in [0.5, 0.6) is 0 Å². The summed E-state index contributed by atoms with van der Waals surface area (Å²) in [6.45, 7) is 2.71. The first kappa shape index (κ1) is 29.4. The van der Waals surface area contributed by atoms with Crippen LogP contribution in [0.25, 0.3) is 22.2 Å². The number of benzene rings is 2. The maximum Gasteiger partial charge on any atom is 0.416 e. The lowest BCUT2D eigenvalue weighted by molar-refractivity contribution is -0.971. The number of aliphatic hydroxyl groups is 1. The largest absolute Gasteiger partial charge is 0.478 e. The highest BCUT2D eigenvalue weighted by Crippen LogP contribution is 2.39. The molecule has 2 aliphatic heterocycles. The van der Waals surface area contributed by atoms with Gasteiger partial charge in [0.15, 0.2) is 9.84 Å². The van der Waals surface area contributed by atoms with Crippen LogP contribution in [0.1, 0.15) is 47.2 Å². The number of fused-ring (bicyclic) bond motifs is 1. The molecule has 2 saturated heterocycles. The minimum Gasteiger partial charge on any atom is -0.478 e. The molecule has 1 aromatic heterocycles. The van der Waals surface area contributed by atoms with E-state index in [-0.39, 0.29) is 50.8 Å². The molecule has 0 aliphatic carbocycles. The van der Waals surface area contributed by atoms with Crippen molar-refractivity contribution in [1.29, 1.82) is 0 Å². The maximum absolute atomic E-state index is 13.7. The molecule has 220 valence electrons. The van der Waals surface area contributed by atoms with Crippen molar-refractivity contribution >= 4 is 26.7 Å². The Labute approximate surface area is 236 Å². The Morgan fingerprint density at radius 1 is 1.12 bits per heavy atom. The number of aliphatic hydroxyl groups excluding tert-OH is 1. The predicted molar refractivity (Wildman–Crippen MR) is 147 cm³/mol. The van der Waals surface area contributed by atoms with E-state index in [2.05, 4.69) is 10.3 Å². The van der Waals surface area contributed by atoms with Crippen LogP contribution in [-0.4, -0.2) is 78.6 Å². The highest BCUT2D eigenvalue weighted by molar-refractivity contribution is 7.90. The minimum atomic E-state index is -4.62. The molecular weight excluding hydrogens is 559 g/mol. The number of nitrogens with zero attached hydrogens (tertiary/aromatic N) is 2. The number of quaternary nitrogens is 1. The van der Waals surface area contributed by atoms with Gasteiger partial charge in [-0.2, -0.15) is 13.2 Å². The number of carbonyl (C=O) groups is 1. The van der Waals surface area contributed by atoms with Crippen molar-refractivity contribution in [3.8, 4) is 11.3 Å². The quantitative estimate of drug-likeness (QED) is 0.367. The molecule has 3 aromatic rings. The van der Waals surface area contributed by atoms with Crippen molar-refractivity contribution in [2.75, 3.05) is 32.4 Å². The summed E-state index contributed by atoms with van der Waals surface area (Å²) < 4.78 is 66.2. The van der Waals surface area contributed by atoms with Crippen LogP contribution in [0.4, 0.5) is 13.2 Å². The first-order valence-electron chi connectivity index (χ1n) is 13.6. The number of alkyl halides is 3. The van der Waals surface area contributed by atoms with Gasteiger partial charge < -0.3 is 20.0 Å². The Morgan fingerprint density at radius 2 is 1.85 bits per heavy atom. The Kier molecular flexibility index (Phi) is 7.88. The Morgan fingerprint density at radius 3 is 2.49 bits per heavy atom. The predicted octanol–water partition coefficient (Wildman–Crippen LogP) is 4.25. The second-order valence-corrected chi connectivity index (χ2v) is 13.2.